The minimum absolute atomic E-state index is 0.122. The maximum atomic E-state index is 12.2. The van der Waals surface area contributed by atoms with Crippen LogP contribution < -0.4 is 5.32 Å². The number of aromatic nitrogens is 3. The van der Waals surface area contributed by atoms with Crippen molar-refractivity contribution < 1.29 is 4.79 Å². The standard InChI is InChI=1S/C18H19ClN4OS/c1-12(2)10-23-15-6-4-3-5-14(15)21-18(23)25-11-17(24)22-16-8-7-13(19)9-20-16/h3-9,12H,10-11H2,1-2H3,(H,20,22,24). The van der Waals surface area contributed by atoms with Gasteiger partial charge in [0.25, 0.3) is 0 Å². The molecule has 0 spiro atoms. The molecule has 2 aromatic heterocycles. The van der Waals surface area contributed by atoms with Crippen LogP contribution in [0.2, 0.25) is 5.02 Å². The third-order valence-corrected chi connectivity index (χ3v) is 4.69. The summed E-state index contributed by atoms with van der Waals surface area (Å²) < 4.78 is 2.18. The van der Waals surface area contributed by atoms with Crippen molar-refractivity contribution in [3.8, 4) is 0 Å². The van der Waals surface area contributed by atoms with Gasteiger partial charge in [0, 0.05) is 12.7 Å². The van der Waals surface area contributed by atoms with Gasteiger partial charge in [-0.05, 0) is 30.2 Å². The first kappa shape index (κ1) is 17.8. The van der Waals surface area contributed by atoms with Gasteiger partial charge < -0.3 is 9.88 Å². The predicted octanol–water partition coefficient (Wildman–Crippen LogP) is 4.47. The average molecular weight is 375 g/mol. The third kappa shape index (κ3) is 4.52. The number of carbonyl (C=O) groups excluding carboxylic acids is 1. The fourth-order valence-electron chi connectivity index (χ4n) is 2.46. The molecule has 130 valence electrons. The molecule has 0 saturated heterocycles. The van der Waals surface area contributed by atoms with E-state index in [1.165, 1.54) is 18.0 Å². The minimum atomic E-state index is -0.122. The molecule has 0 aliphatic rings. The van der Waals surface area contributed by atoms with Gasteiger partial charge in [0.15, 0.2) is 5.16 Å². The quantitative estimate of drug-likeness (QED) is 0.646. The third-order valence-electron chi connectivity index (χ3n) is 3.49. The zero-order valence-electron chi connectivity index (χ0n) is 14.1. The highest BCUT2D eigenvalue weighted by molar-refractivity contribution is 7.99. The van der Waals surface area contributed by atoms with Crippen LogP contribution in [0.4, 0.5) is 5.82 Å². The van der Waals surface area contributed by atoms with E-state index in [1.54, 1.807) is 12.1 Å². The summed E-state index contributed by atoms with van der Waals surface area (Å²) in [6.07, 6.45) is 1.51. The molecule has 0 saturated carbocycles. The molecule has 2 heterocycles. The van der Waals surface area contributed by atoms with E-state index < -0.39 is 0 Å². The second-order valence-electron chi connectivity index (χ2n) is 6.09. The molecule has 0 radical (unpaired) electrons. The van der Waals surface area contributed by atoms with Crippen molar-refractivity contribution in [1.29, 1.82) is 0 Å². The summed E-state index contributed by atoms with van der Waals surface area (Å²) in [5, 5.41) is 4.16. The zero-order valence-corrected chi connectivity index (χ0v) is 15.6. The normalized spacial score (nSPS) is 11.2. The SMILES string of the molecule is CC(C)Cn1c(SCC(=O)Nc2ccc(Cl)cn2)nc2ccccc21. The lowest BCUT2D eigenvalue weighted by Crippen LogP contribution is -2.15. The Morgan fingerprint density at radius 1 is 1.28 bits per heavy atom. The fraction of sp³-hybridized carbons (Fsp3) is 0.278. The number of hydrogen-bond donors (Lipinski definition) is 1. The molecular formula is C18H19ClN4OS. The summed E-state index contributed by atoms with van der Waals surface area (Å²) in [6.45, 7) is 5.20. The average Bonchev–Trinajstić information content (AvgIpc) is 2.92. The van der Waals surface area contributed by atoms with E-state index in [9.17, 15) is 4.79 Å². The Kier molecular flexibility index (Phi) is 5.60. The van der Waals surface area contributed by atoms with Crippen LogP contribution in [0.5, 0.6) is 0 Å². The number of carbonyl (C=O) groups is 1. The number of halogens is 1. The maximum Gasteiger partial charge on any atom is 0.236 e. The van der Waals surface area contributed by atoms with Crippen molar-refractivity contribution in [1.82, 2.24) is 14.5 Å². The first-order chi connectivity index (χ1) is 12.0. The lowest BCUT2D eigenvalue weighted by Gasteiger charge is -2.11. The van der Waals surface area contributed by atoms with Crippen LogP contribution in [0.3, 0.4) is 0 Å². The Labute approximate surface area is 155 Å². The molecule has 0 atom stereocenters. The van der Waals surface area contributed by atoms with Crippen molar-refractivity contribution in [2.24, 2.45) is 5.92 Å². The second-order valence-corrected chi connectivity index (χ2v) is 7.46. The molecule has 7 heteroatoms. The smallest absolute Gasteiger partial charge is 0.236 e. The van der Waals surface area contributed by atoms with Crippen molar-refractivity contribution in [3.05, 3.63) is 47.6 Å². The summed E-state index contributed by atoms with van der Waals surface area (Å²) in [6, 6.07) is 11.4. The number of imidazole rings is 1. The summed E-state index contributed by atoms with van der Waals surface area (Å²) in [7, 11) is 0. The first-order valence-electron chi connectivity index (χ1n) is 8.02. The van der Waals surface area contributed by atoms with E-state index in [4.69, 9.17) is 11.6 Å². The van der Waals surface area contributed by atoms with E-state index in [2.05, 4.69) is 39.8 Å². The number of hydrogen-bond acceptors (Lipinski definition) is 4. The van der Waals surface area contributed by atoms with Crippen molar-refractivity contribution in [2.45, 2.75) is 25.5 Å². The van der Waals surface area contributed by atoms with Crippen LogP contribution in [-0.4, -0.2) is 26.2 Å². The van der Waals surface area contributed by atoms with Crippen molar-refractivity contribution in [3.63, 3.8) is 0 Å². The molecule has 1 aromatic carbocycles. The molecule has 1 amide bonds. The summed E-state index contributed by atoms with van der Waals surface area (Å²) >= 11 is 7.23. The largest absolute Gasteiger partial charge is 0.319 e. The number of rotatable bonds is 6. The lowest BCUT2D eigenvalue weighted by atomic mass is 10.2. The van der Waals surface area contributed by atoms with E-state index in [0.717, 1.165) is 22.7 Å². The van der Waals surface area contributed by atoms with E-state index in [1.807, 2.05) is 18.2 Å². The van der Waals surface area contributed by atoms with Gasteiger partial charge >= 0.3 is 0 Å². The minimum Gasteiger partial charge on any atom is -0.319 e. The van der Waals surface area contributed by atoms with Gasteiger partial charge in [-0.15, -0.1) is 0 Å². The van der Waals surface area contributed by atoms with Gasteiger partial charge in [0.2, 0.25) is 5.91 Å². The number of amides is 1. The van der Waals surface area contributed by atoms with Crippen LogP contribution in [0.25, 0.3) is 11.0 Å². The molecule has 3 rings (SSSR count). The zero-order chi connectivity index (χ0) is 17.8. The number of anilines is 1. The summed E-state index contributed by atoms with van der Waals surface area (Å²) in [4.78, 5) is 20.9. The number of fused-ring (bicyclic) bond motifs is 1. The highest BCUT2D eigenvalue weighted by atomic mass is 35.5. The molecule has 0 aliphatic carbocycles. The summed E-state index contributed by atoms with van der Waals surface area (Å²) in [5.74, 6) is 1.13. The highest BCUT2D eigenvalue weighted by Gasteiger charge is 2.14. The molecule has 0 aliphatic heterocycles. The Bertz CT molecular complexity index is 876. The van der Waals surface area contributed by atoms with E-state index >= 15 is 0 Å². The van der Waals surface area contributed by atoms with Gasteiger partial charge in [0.05, 0.1) is 21.8 Å². The van der Waals surface area contributed by atoms with E-state index in [-0.39, 0.29) is 11.7 Å². The van der Waals surface area contributed by atoms with Crippen LogP contribution in [0.15, 0.2) is 47.8 Å². The fourth-order valence-corrected chi connectivity index (χ4v) is 3.40. The van der Waals surface area contributed by atoms with Gasteiger partial charge in [-0.1, -0.05) is 49.3 Å². The molecule has 0 unspecified atom stereocenters. The first-order valence-corrected chi connectivity index (χ1v) is 9.39. The Hall–Kier alpha value is -2.05. The van der Waals surface area contributed by atoms with Crippen molar-refractivity contribution >= 4 is 46.1 Å². The molecule has 5 nitrogen and oxygen atoms in total. The lowest BCUT2D eigenvalue weighted by molar-refractivity contribution is -0.113. The van der Waals surface area contributed by atoms with Gasteiger partial charge in [0.1, 0.15) is 5.82 Å². The van der Waals surface area contributed by atoms with Gasteiger partial charge in [-0.25, -0.2) is 9.97 Å². The number of nitrogens with one attached hydrogen (secondary N) is 1. The molecule has 3 aromatic rings. The van der Waals surface area contributed by atoms with Crippen LogP contribution in [-0.2, 0) is 11.3 Å². The molecule has 1 N–H and O–H groups in total. The number of nitrogens with zero attached hydrogens (tertiary/aromatic N) is 3. The number of thioether (sulfide) groups is 1. The van der Waals surface area contributed by atoms with Crippen LogP contribution >= 0.6 is 23.4 Å². The molecular weight excluding hydrogens is 356 g/mol. The molecule has 0 fully saturated rings. The number of pyridine rings is 1. The highest BCUT2D eigenvalue weighted by Crippen LogP contribution is 2.25. The Morgan fingerprint density at radius 2 is 2.08 bits per heavy atom. The number of benzene rings is 1. The number of para-hydroxylation sites is 2. The summed E-state index contributed by atoms with van der Waals surface area (Å²) in [5.41, 5.74) is 2.05. The van der Waals surface area contributed by atoms with Crippen LogP contribution in [0, 0.1) is 5.92 Å². The Morgan fingerprint density at radius 3 is 2.80 bits per heavy atom. The Balaban J connectivity index is 1.71. The van der Waals surface area contributed by atoms with Gasteiger partial charge in [-0.2, -0.15) is 0 Å². The predicted molar refractivity (Wildman–Crippen MR) is 103 cm³/mol. The molecule has 0 bridgehead atoms. The van der Waals surface area contributed by atoms with Crippen molar-refractivity contribution in [2.75, 3.05) is 11.1 Å². The van der Waals surface area contributed by atoms with Crippen LogP contribution in [0.1, 0.15) is 13.8 Å². The molecule has 25 heavy (non-hydrogen) atoms. The second kappa shape index (κ2) is 7.89. The van der Waals surface area contributed by atoms with E-state index in [0.29, 0.717) is 16.8 Å². The van der Waals surface area contributed by atoms with Gasteiger partial charge in [-0.3, -0.25) is 4.79 Å². The topological polar surface area (TPSA) is 59.8 Å². The monoisotopic (exact) mass is 374 g/mol. The maximum absolute atomic E-state index is 12.2.